The molecule has 1 aromatic heterocycles. The van der Waals surface area contributed by atoms with E-state index in [1.54, 1.807) is 6.20 Å². The Balaban J connectivity index is 2.66. The summed E-state index contributed by atoms with van der Waals surface area (Å²) < 4.78 is 15.1. The van der Waals surface area contributed by atoms with E-state index in [1.807, 2.05) is 6.07 Å². The maximum atomic E-state index is 13.4. The maximum absolute atomic E-state index is 13.4. The molecule has 0 aliphatic carbocycles. The van der Waals surface area contributed by atoms with E-state index in [0.29, 0.717) is 11.4 Å². The Labute approximate surface area is 99.3 Å². The number of benzene rings is 1. The van der Waals surface area contributed by atoms with Crippen LogP contribution in [0.3, 0.4) is 0 Å². The van der Waals surface area contributed by atoms with Crippen LogP contribution in [-0.4, -0.2) is 9.55 Å². The first-order chi connectivity index (χ1) is 7.63. The molecule has 0 saturated carbocycles. The minimum Gasteiger partial charge on any atom is -0.397 e. The highest BCUT2D eigenvalue weighted by Gasteiger charge is 2.10. The second-order valence-corrected chi connectivity index (χ2v) is 3.91. The summed E-state index contributed by atoms with van der Waals surface area (Å²) in [6.07, 6.45) is 3.01. The monoisotopic (exact) mass is 280 g/mol. The van der Waals surface area contributed by atoms with Crippen LogP contribution in [0.1, 0.15) is 5.82 Å². The predicted octanol–water partition coefficient (Wildman–Crippen LogP) is 2.23. The molecule has 2 N–H and O–H groups in total. The number of nitriles is 1. The molecule has 0 radical (unpaired) electrons. The van der Waals surface area contributed by atoms with Gasteiger partial charge in [0.25, 0.3) is 0 Å². The lowest BCUT2D eigenvalue weighted by atomic mass is 10.2. The smallest absolute Gasteiger partial charge is 0.217 e. The standard InChI is InChI=1S/C10H6BrFN4/c11-6-3-8(14)9(4-7(6)12)16-2-1-15-10(16)5-13/h1-4H,14H2. The second-order valence-electron chi connectivity index (χ2n) is 3.06. The van der Waals surface area contributed by atoms with Gasteiger partial charge in [-0.3, -0.25) is 4.57 Å². The minimum atomic E-state index is -0.443. The lowest BCUT2D eigenvalue weighted by Gasteiger charge is -2.08. The van der Waals surface area contributed by atoms with E-state index >= 15 is 0 Å². The van der Waals surface area contributed by atoms with E-state index in [1.165, 1.54) is 22.9 Å². The molecule has 16 heavy (non-hydrogen) atoms. The summed E-state index contributed by atoms with van der Waals surface area (Å²) in [5, 5.41) is 8.81. The van der Waals surface area contributed by atoms with Crippen molar-refractivity contribution >= 4 is 21.6 Å². The van der Waals surface area contributed by atoms with Gasteiger partial charge in [0.2, 0.25) is 5.82 Å². The van der Waals surface area contributed by atoms with Gasteiger partial charge in [-0.1, -0.05) is 0 Å². The summed E-state index contributed by atoms with van der Waals surface area (Å²) in [5.74, 6) is -0.282. The Morgan fingerprint density at radius 2 is 2.25 bits per heavy atom. The zero-order chi connectivity index (χ0) is 11.7. The lowest BCUT2D eigenvalue weighted by Crippen LogP contribution is -2.02. The molecule has 6 heteroatoms. The Hall–Kier alpha value is -1.87. The summed E-state index contributed by atoms with van der Waals surface area (Å²) in [6, 6.07) is 4.60. The highest BCUT2D eigenvalue weighted by Crippen LogP contribution is 2.26. The SMILES string of the molecule is N#Cc1nccn1-c1cc(F)c(Br)cc1N. The number of halogens is 2. The molecular weight excluding hydrogens is 275 g/mol. The summed E-state index contributed by atoms with van der Waals surface area (Å²) >= 11 is 3.03. The van der Waals surface area contributed by atoms with E-state index in [4.69, 9.17) is 11.0 Å². The van der Waals surface area contributed by atoms with Crippen molar-refractivity contribution in [3.63, 3.8) is 0 Å². The van der Waals surface area contributed by atoms with Crippen LogP contribution in [-0.2, 0) is 0 Å². The van der Waals surface area contributed by atoms with Gasteiger partial charge in [0.15, 0.2) is 0 Å². The molecule has 80 valence electrons. The van der Waals surface area contributed by atoms with Crippen LogP contribution in [0.5, 0.6) is 0 Å². The molecule has 0 saturated heterocycles. The highest BCUT2D eigenvalue weighted by atomic mass is 79.9. The van der Waals surface area contributed by atoms with Crippen LogP contribution in [0.2, 0.25) is 0 Å². The summed E-state index contributed by atoms with van der Waals surface area (Å²) in [6.45, 7) is 0. The molecule has 0 bridgehead atoms. The van der Waals surface area contributed by atoms with Crippen molar-refractivity contribution in [2.45, 2.75) is 0 Å². The van der Waals surface area contributed by atoms with E-state index in [-0.39, 0.29) is 10.3 Å². The molecule has 0 fully saturated rings. The molecule has 0 spiro atoms. The van der Waals surface area contributed by atoms with Crippen molar-refractivity contribution in [3.8, 4) is 11.8 Å². The molecule has 4 nitrogen and oxygen atoms in total. The third-order valence-corrected chi connectivity index (χ3v) is 2.68. The summed E-state index contributed by atoms with van der Waals surface area (Å²) in [5.41, 5.74) is 6.51. The highest BCUT2D eigenvalue weighted by molar-refractivity contribution is 9.10. The van der Waals surface area contributed by atoms with Gasteiger partial charge >= 0.3 is 0 Å². The topological polar surface area (TPSA) is 67.6 Å². The van der Waals surface area contributed by atoms with E-state index in [2.05, 4.69) is 20.9 Å². The van der Waals surface area contributed by atoms with Crippen LogP contribution >= 0.6 is 15.9 Å². The third kappa shape index (κ3) is 1.66. The van der Waals surface area contributed by atoms with Gasteiger partial charge in [-0.25, -0.2) is 9.37 Å². The molecule has 0 aliphatic rings. The number of nitrogen functional groups attached to an aromatic ring is 1. The van der Waals surface area contributed by atoms with Gasteiger partial charge in [0, 0.05) is 18.5 Å². The number of nitrogens with zero attached hydrogens (tertiary/aromatic N) is 3. The van der Waals surface area contributed by atoms with Gasteiger partial charge in [-0.15, -0.1) is 0 Å². The molecular formula is C10H6BrFN4. The maximum Gasteiger partial charge on any atom is 0.217 e. The average Bonchev–Trinajstić information content (AvgIpc) is 2.71. The molecule has 2 rings (SSSR count). The van der Waals surface area contributed by atoms with E-state index < -0.39 is 5.82 Å². The zero-order valence-electron chi connectivity index (χ0n) is 7.98. The first kappa shape index (κ1) is 10.6. The predicted molar refractivity (Wildman–Crippen MR) is 60.3 cm³/mol. The van der Waals surface area contributed by atoms with Crippen molar-refractivity contribution in [2.24, 2.45) is 0 Å². The first-order valence-corrected chi connectivity index (χ1v) is 5.11. The molecule has 0 aliphatic heterocycles. The zero-order valence-corrected chi connectivity index (χ0v) is 9.57. The van der Waals surface area contributed by atoms with Gasteiger partial charge in [-0.2, -0.15) is 5.26 Å². The lowest BCUT2D eigenvalue weighted by molar-refractivity contribution is 0.620. The van der Waals surface area contributed by atoms with Crippen LogP contribution in [0.15, 0.2) is 29.0 Å². The Morgan fingerprint density at radius 3 is 2.94 bits per heavy atom. The molecule has 0 atom stereocenters. The number of anilines is 1. The first-order valence-electron chi connectivity index (χ1n) is 4.32. The Kier molecular flexibility index (Phi) is 2.62. The Bertz CT molecular complexity index is 585. The fourth-order valence-electron chi connectivity index (χ4n) is 1.34. The van der Waals surface area contributed by atoms with Crippen LogP contribution in [0.4, 0.5) is 10.1 Å². The molecule has 1 heterocycles. The van der Waals surface area contributed by atoms with E-state index in [9.17, 15) is 4.39 Å². The second kappa shape index (κ2) is 3.94. The number of rotatable bonds is 1. The number of hydrogen-bond donors (Lipinski definition) is 1. The number of imidazole rings is 1. The van der Waals surface area contributed by atoms with Crippen molar-refractivity contribution < 1.29 is 4.39 Å². The van der Waals surface area contributed by atoms with Crippen LogP contribution in [0, 0.1) is 17.1 Å². The number of nitrogens with two attached hydrogens (primary N) is 1. The third-order valence-electron chi connectivity index (χ3n) is 2.07. The number of aromatic nitrogens is 2. The van der Waals surface area contributed by atoms with Gasteiger partial charge in [0.05, 0.1) is 15.8 Å². The van der Waals surface area contributed by atoms with Gasteiger partial charge in [-0.05, 0) is 22.0 Å². The van der Waals surface area contributed by atoms with Crippen molar-refractivity contribution in [1.29, 1.82) is 5.26 Å². The fourth-order valence-corrected chi connectivity index (χ4v) is 1.70. The molecule has 0 amide bonds. The Morgan fingerprint density at radius 1 is 1.50 bits per heavy atom. The average molecular weight is 281 g/mol. The van der Waals surface area contributed by atoms with Gasteiger partial charge < -0.3 is 5.73 Å². The normalized spacial score (nSPS) is 10.1. The summed E-state index contributed by atoms with van der Waals surface area (Å²) in [4.78, 5) is 3.82. The fraction of sp³-hybridized carbons (Fsp3) is 0. The number of hydrogen-bond acceptors (Lipinski definition) is 3. The van der Waals surface area contributed by atoms with Crippen molar-refractivity contribution in [3.05, 3.63) is 40.6 Å². The molecule has 0 unspecified atom stereocenters. The molecule has 1 aromatic carbocycles. The largest absolute Gasteiger partial charge is 0.397 e. The van der Waals surface area contributed by atoms with Crippen molar-refractivity contribution in [2.75, 3.05) is 5.73 Å². The quantitative estimate of drug-likeness (QED) is 0.815. The van der Waals surface area contributed by atoms with Gasteiger partial charge in [0.1, 0.15) is 11.9 Å². The van der Waals surface area contributed by atoms with Crippen LogP contribution in [0.25, 0.3) is 5.69 Å². The minimum absolute atomic E-state index is 0.161. The summed E-state index contributed by atoms with van der Waals surface area (Å²) in [7, 11) is 0. The van der Waals surface area contributed by atoms with Crippen molar-refractivity contribution in [1.82, 2.24) is 9.55 Å². The van der Waals surface area contributed by atoms with E-state index in [0.717, 1.165) is 0 Å². The van der Waals surface area contributed by atoms with Crippen LogP contribution < -0.4 is 5.73 Å². The molecule has 2 aromatic rings.